The monoisotopic (exact) mass is 588 g/mol. The van der Waals surface area contributed by atoms with Gasteiger partial charge in [0.2, 0.25) is 5.91 Å². The largest absolute Gasteiger partial charge is 0.756 e. The molecule has 3 atom stereocenters. The van der Waals surface area contributed by atoms with E-state index in [4.69, 9.17) is 9.05 Å². The minimum atomic E-state index is -4.56. The molecule has 0 aliphatic rings. The maximum absolute atomic E-state index is 12.6. The summed E-state index contributed by atoms with van der Waals surface area (Å²) in [6.45, 7) is 4.48. The number of aliphatic hydroxyl groups is 1. The van der Waals surface area contributed by atoms with Crippen molar-refractivity contribution in [3.8, 4) is 0 Å². The Hall–Kier alpha value is -1.02. The van der Waals surface area contributed by atoms with E-state index in [1.54, 1.807) is 6.08 Å². The first kappa shape index (κ1) is 39.0. The highest BCUT2D eigenvalue weighted by Gasteiger charge is 2.23. The first-order chi connectivity index (χ1) is 19.0. The number of hydrogen-bond acceptors (Lipinski definition) is 6. The molecule has 0 saturated heterocycles. The summed E-state index contributed by atoms with van der Waals surface area (Å²) in [5, 5.41) is 13.5. The second-order valence-corrected chi connectivity index (χ2v) is 13.2. The molecule has 0 aromatic heterocycles. The van der Waals surface area contributed by atoms with Crippen LogP contribution in [0.3, 0.4) is 0 Å². The van der Waals surface area contributed by atoms with Crippen LogP contribution in [0.25, 0.3) is 0 Å². The Bertz CT molecular complexity index is 723. The van der Waals surface area contributed by atoms with Crippen LogP contribution in [0.1, 0.15) is 117 Å². The van der Waals surface area contributed by atoms with E-state index in [9.17, 15) is 19.4 Å². The lowest BCUT2D eigenvalue weighted by Crippen LogP contribution is -2.45. The van der Waals surface area contributed by atoms with E-state index in [0.717, 1.165) is 64.2 Å². The molecule has 0 aliphatic heterocycles. The molecule has 0 radical (unpaired) electrons. The first-order valence-corrected chi connectivity index (χ1v) is 17.2. The van der Waals surface area contributed by atoms with Gasteiger partial charge in [0.05, 0.1) is 39.9 Å². The number of allylic oxidation sites excluding steroid dienone is 3. The van der Waals surface area contributed by atoms with Gasteiger partial charge in [0.1, 0.15) is 13.2 Å². The van der Waals surface area contributed by atoms with Crippen molar-refractivity contribution in [2.75, 3.05) is 40.9 Å². The van der Waals surface area contributed by atoms with E-state index >= 15 is 0 Å². The summed E-state index contributed by atoms with van der Waals surface area (Å²) in [6.07, 6.45) is 23.7. The van der Waals surface area contributed by atoms with Crippen molar-refractivity contribution < 1.29 is 32.9 Å². The van der Waals surface area contributed by atoms with Gasteiger partial charge in [0, 0.05) is 6.42 Å². The number of rotatable bonds is 27. The average molecular weight is 589 g/mol. The van der Waals surface area contributed by atoms with Gasteiger partial charge in [-0.15, -0.1) is 0 Å². The Labute approximate surface area is 245 Å². The van der Waals surface area contributed by atoms with Crippen LogP contribution in [0.2, 0.25) is 0 Å². The summed E-state index contributed by atoms with van der Waals surface area (Å²) in [5.41, 5.74) is 0. The van der Waals surface area contributed by atoms with E-state index < -0.39 is 20.0 Å². The molecule has 40 heavy (non-hydrogen) atoms. The number of unbranched alkanes of at least 4 members (excludes halogenated alkanes) is 12. The fourth-order valence-electron chi connectivity index (χ4n) is 4.03. The number of phosphoric ester groups is 1. The van der Waals surface area contributed by atoms with Gasteiger partial charge in [-0.3, -0.25) is 9.36 Å². The van der Waals surface area contributed by atoms with Gasteiger partial charge in [-0.2, -0.15) is 0 Å². The third kappa shape index (κ3) is 25.9. The Balaban J connectivity index is 4.68. The number of nitrogens with one attached hydrogen (secondary N) is 1. The minimum Gasteiger partial charge on any atom is -0.756 e. The predicted molar refractivity (Wildman–Crippen MR) is 164 cm³/mol. The number of hydrogen-bond donors (Lipinski definition) is 2. The van der Waals surface area contributed by atoms with E-state index in [1.807, 2.05) is 27.2 Å². The molecule has 2 N–H and O–H groups in total. The molecule has 0 rings (SSSR count). The number of carbonyl (C=O) groups is 1. The molecule has 0 fully saturated rings. The summed E-state index contributed by atoms with van der Waals surface area (Å²) in [7, 11) is 1.24. The molecule has 9 heteroatoms. The van der Waals surface area contributed by atoms with Gasteiger partial charge < -0.3 is 28.8 Å². The fourth-order valence-corrected chi connectivity index (χ4v) is 4.76. The summed E-state index contributed by atoms with van der Waals surface area (Å²) >= 11 is 0. The van der Waals surface area contributed by atoms with E-state index in [-0.39, 0.29) is 19.1 Å². The second-order valence-electron chi connectivity index (χ2n) is 11.8. The Morgan fingerprint density at radius 3 is 2.05 bits per heavy atom. The lowest BCUT2D eigenvalue weighted by Gasteiger charge is -2.29. The van der Waals surface area contributed by atoms with Crippen molar-refractivity contribution in [2.45, 2.75) is 129 Å². The summed E-state index contributed by atoms with van der Waals surface area (Å²) in [5.74, 6) is -0.217. The number of likely N-dealkylation sites (N-methyl/N-ethyl adjacent to an activating group) is 1. The third-order valence-electron chi connectivity index (χ3n) is 6.64. The molecule has 0 aromatic rings. The molecule has 0 bridgehead atoms. The highest BCUT2D eigenvalue weighted by molar-refractivity contribution is 7.45. The number of carbonyl (C=O) groups excluding carboxylic acids is 1. The molecule has 236 valence electrons. The highest BCUT2D eigenvalue weighted by Crippen LogP contribution is 2.38. The van der Waals surface area contributed by atoms with Gasteiger partial charge in [0.25, 0.3) is 7.82 Å². The predicted octanol–water partition coefficient (Wildman–Crippen LogP) is 6.43. The van der Waals surface area contributed by atoms with Crippen LogP contribution < -0.4 is 10.2 Å². The highest BCUT2D eigenvalue weighted by atomic mass is 31.2. The molecule has 8 nitrogen and oxygen atoms in total. The minimum absolute atomic E-state index is 0.00293. The molecule has 0 spiro atoms. The number of amides is 1. The van der Waals surface area contributed by atoms with Crippen LogP contribution in [0.15, 0.2) is 24.3 Å². The van der Waals surface area contributed by atoms with Crippen molar-refractivity contribution in [2.24, 2.45) is 0 Å². The number of quaternary nitrogens is 1. The lowest BCUT2D eigenvalue weighted by atomic mass is 10.1. The molecule has 0 heterocycles. The smallest absolute Gasteiger partial charge is 0.268 e. The van der Waals surface area contributed by atoms with Crippen LogP contribution in [0, 0.1) is 0 Å². The summed E-state index contributed by atoms with van der Waals surface area (Å²) in [4.78, 5) is 24.9. The Kier molecular flexibility index (Phi) is 23.9. The summed E-state index contributed by atoms with van der Waals surface area (Å²) < 4.78 is 22.9. The van der Waals surface area contributed by atoms with Crippen molar-refractivity contribution in [1.29, 1.82) is 0 Å². The Morgan fingerprint density at radius 2 is 1.43 bits per heavy atom. The number of aliphatic hydroxyl groups excluding tert-OH is 1. The molecule has 0 aromatic carbocycles. The number of nitrogens with zero attached hydrogens (tertiary/aromatic N) is 1. The fraction of sp³-hybridized carbons (Fsp3) is 0.839. The van der Waals surface area contributed by atoms with Gasteiger partial charge in [-0.25, -0.2) is 0 Å². The van der Waals surface area contributed by atoms with Crippen LogP contribution in [0.4, 0.5) is 0 Å². The molecule has 3 unspecified atom stereocenters. The zero-order valence-corrected chi connectivity index (χ0v) is 27.2. The zero-order valence-electron chi connectivity index (χ0n) is 26.3. The first-order valence-electron chi connectivity index (χ1n) is 15.7. The van der Waals surface area contributed by atoms with Gasteiger partial charge in [-0.05, 0) is 38.5 Å². The SMILES string of the molecule is CCC/C=C\CCCCCCCC(=O)NC(COP(=O)([O-])OCC[N+](C)(C)C)C(O)/C=C/CCCCCCCC. The second kappa shape index (κ2) is 24.6. The standard InChI is InChI=1S/C31H61N2O6P/c1-6-8-10-12-14-16-17-19-21-23-25-31(35)32-29(28-39-40(36,37)38-27-26-33(3,4)5)30(34)24-22-20-18-15-13-11-9-7-2/h10,12,22,24,29-30,34H,6-9,11,13-21,23,25-28H2,1-5H3,(H-,32,35,36,37)/b12-10-,24-22+. The average Bonchev–Trinajstić information content (AvgIpc) is 2.88. The molecular formula is C31H61N2O6P. The van der Waals surface area contributed by atoms with Crippen molar-refractivity contribution in [3.63, 3.8) is 0 Å². The quantitative estimate of drug-likeness (QED) is 0.0495. The molecule has 1 amide bonds. The van der Waals surface area contributed by atoms with E-state index in [0.29, 0.717) is 17.4 Å². The van der Waals surface area contributed by atoms with E-state index in [1.165, 1.54) is 32.1 Å². The van der Waals surface area contributed by atoms with E-state index in [2.05, 4.69) is 31.3 Å². The zero-order chi connectivity index (χ0) is 30.1. The number of phosphoric acid groups is 1. The molecule has 0 saturated carbocycles. The summed E-state index contributed by atoms with van der Waals surface area (Å²) in [6, 6.07) is -0.882. The lowest BCUT2D eigenvalue weighted by molar-refractivity contribution is -0.870. The van der Waals surface area contributed by atoms with Gasteiger partial charge in [0.15, 0.2) is 0 Å². The normalized spacial score (nSPS) is 15.5. The topological polar surface area (TPSA) is 108 Å². The molecular weight excluding hydrogens is 527 g/mol. The Morgan fingerprint density at radius 1 is 0.850 bits per heavy atom. The van der Waals surface area contributed by atoms with Gasteiger partial charge >= 0.3 is 0 Å². The van der Waals surface area contributed by atoms with Crippen LogP contribution in [0.5, 0.6) is 0 Å². The van der Waals surface area contributed by atoms with Gasteiger partial charge in [-0.1, -0.05) is 95.9 Å². The van der Waals surface area contributed by atoms with Crippen LogP contribution in [-0.2, 0) is 18.4 Å². The maximum atomic E-state index is 12.6. The van der Waals surface area contributed by atoms with Crippen molar-refractivity contribution in [3.05, 3.63) is 24.3 Å². The van der Waals surface area contributed by atoms with Crippen LogP contribution in [-0.4, -0.2) is 68.5 Å². The van der Waals surface area contributed by atoms with Crippen LogP contribution >= 0.6 is 7.82 Å². The van der Waals surface area contributed by atoms with Crippen molar-refractivity contribution >= 4 is 13.7 Å². The third-order valence-corrected chi connectivity index (χ3v) is 7.60. The van der Waals surface area contributed by atoms with Crippen molar-refractivity contribution in [1.82, 2.24) is 5.32 Å². The molecule has 0 aliphatic carbocycles. The maximum Gasteiger partial charge on any atom is 0.268 e.